The molecule has 0 N–H and O–H groups in total. The van der Waals surface area contributed by atoms with Crippen molar-refractivity contribution in [1.82, 2.24) is 9.78 Å². The van der Waals surface area contributed by atoms with Gasteiger partial charge in [-0.25, -0.2) is 4.68 Å². The predicted molar refractivity (Wildman–Crippen MR) is 84.3 cm³/mol. The van der Waals surface area contributed by atoms with Crippen molar-refractivity contribution in [2.75, 3.05) is 0 Å². The number of hydrogen-bond donors (Lipinski definition) is 0. The normalized spacial score (nSPS) is 17.0. The predicted octanol–water partition coefficient (Wildman–Crippen LogP) is 4.08. The zero-order chi connectivity index (χ0) is 16.7. The van der Waals surface area contributed by atoms with Crippen molar-refractivity contribution in [1.29, 1.82) is 0 Å². The Hall–Kier alpha value is -2.24. The Balaban J connectivity index is 1.76. The van der Waals surface area contributed by atoms with Gasteiger partial charge in [-0.1, -0.05) is 12.1 Å². The van der Waals surface area contributed by atoms with Gasteiger partial charge < -0.3 is 4.74 Å². The highest BCUT2D eigenvalue weighted by molar-refractivity contribution is 5.85. The lowest BCUT2D eigenvalue weighted by Crippen LogP contribution is -2.18. The monoisotopic (exact) mass is 332 g/mol. The number of carbonyl (C=O) groups is 1. The Bertz CT molecular complexity index is 781. The molecule has 1 aromatic heterocycles. The first kappa shape index (κ1) is 15.3. The lowest BCUT2D eigenvalue weighted by Gasteiger charge is -2.13. The maximum atomic E-state index is 12.5. The van der Waals surface area contributed by atoms with E-state index in [4.69, 9.17) is 0 Å². The van der Waals surface area contributed by atoms with Crippen molar-refractivity contribution in [3.8, 4) is 17.0 Å². The second-order valence-electron chi connectivity index (χ2n) is 6.41. The molecular formula is C18H18F2N2O2. The Morgan fingerprint density at radius 2 is 2.04 bits per heavy atom. The van der Waals surface area contributed by atoms with Crippen LogP contribution in [0, 0.1) is 5.92 Å². The molecular weight excluding hydrogens is 314 g/mol. The molecule has 2 aromatic rings. The van der Waals surface area contributed by atoms with Gasteiger partial charge in [0.2, 0.25) is 5.91 Å². The quantitative estimate of drug-likeness (QED) is 0.847. The molecule has 1 saturated carbocycles. The molecule has 4 rings (SSSR count). The van der Waals surface area contributed by atoms with E-state index in [0.717, 1.165) is 55.5 Å². The van der Waals surface area contributed by atoms with Crippen LogP contribution in [0.2, 0.25) is 0 Å². The number of aromatic nitrogens is 2. The standard InChI is InChI=1S/C18H18F2N2O2/c19-18(20)24-13-5-3-4-12(10-13)16-14-6-1-2-7-15(14)22(21-16)17(23)11-8-9-11/h3-5,10-11,18H,1-2,6-9H2. The van der Waals surface area contributed by atoms with E-state index in [-0.39, 0.29) is 17.6 Å². The minimum absolute atomic E-state index is 0.0689. The number of ether oxygens (including phenoxy) is 1. The summed E-state index contributed by atoms with van der Waals surface area (Å²) in [6.45, 7) is -2.86. The summed E-state index contributed by atoms with van der Waals surface area (Å²) >= 11 is 0. The lowest BCUT2D eigenvalue weighted by molar-refractivity contribution is -0.0498. The molecule has 2 aliphatic carbocycles. The first-order chi connectivity index (χ1) is 11.6. The fourth-order valence-corrected chi connectivity index (χ4v) is 3.34. The number of benzene rings is 1. The number of alkyl halides is 2. The summed E-state index contributed by atoms with van der Waals surface area (Å²) in [7, 11) is 0. The zero-order valence-corrected chi connectivity index (χ0v) is 13.2. The van der Waals surface area contributed by atoms with Crippen LogP contribution >= 0.6 is 0 Å². The Morgan fingerprint density at radius 1 is 1.25 bits per heavy atom. The first-order valence-electron chi connectivity index (χ1n) is 8.33. The molecule has 0 saturated heterocycles. The van der Waals surface area contributed by atoms with Crippen LogP contribution in [-0.2, 0) is 12.8 Å². The van der Waals surface area contributed by atoms with E-state index in [9.17, 15) is 13.6 Å². The maximum Gasteiger partial charge on any atom is 0.387 e. The molecule has 0 radical (unpaired) electrons. The molecule has 4 nitrogen and oxygen atoms in total. The van der Waals surface area contributed by atoms with Gasteiger partial charge in [0.15, 0.2) is 0 Å². The number of fused-ring (bicyclic) bond motifs is 1. The van der Waals surface area contributed by atoms with Crippen LogP contribution in [0.1, 0.15) is 41.7 Å². The van der Waals surface area contributed by atoms with Crippen molar-refractivity contribution in [2.24, 2.45) is 5.92 Å². The molecule has 0 amide bonds. The number of halogens is 2. The van der Waals surface area contributed by atoms with Crippen molar-refractivity contribution < 1.29 is 18.3 Å². The van der Waals surface area contributed by atoms with E-state index in [1.54, 1.807) is 16.8 Å². The third-order valence-electron chi connectivity index (χ3n) is 4.65. The number of nitrogens with zero attached hydrogens (tertiary/aromatic N) is 2. The van der Waals surface area contributed by atoms with E-state index in [1.165, 1.54) is 6.07 Å². The largest absolute Gasteiger partial charge is 0.435 e. The average Bonchev–Trinajstić information content (AvgIpc) is 3.34. The summed E-state index contributed by atoms with van der Waals surface area (Å²) in [6.07, 6.45) is 5.67. The highest BCUT2D eigenvalue weighted by Crippen LogP contribution is 2.36. The van der Waals surface area contributed by atoms with Crippen LogP contribution in [0.25, 0.3) is 11.3 Å². The molecule has 24 heavy (non-hydrogen) atoms. The van der Waals surface area contributed by atoms with Gasteiger partial charge in [0.1, 0.15) is 5.75 Å². The summed E-state index contributed by atoms with van der Waals surface area (Å²) in [5.41, 5.74) is 3.50. The molecule has 0 spiro atoms. The van der Waals surface area contributed by atoms with Crippen LogP contribution in [0.5, 0.6) is 5.75 Å². The molecule has 6 heteroatoms. The molecule has 0 aliphatic heterocycles. The average molecular weight is 332 g/mol. The van der Waals surface area contributed by atoms with Gasteiger partial charge in [0.05, 0.1) is 11.4 Å². The van der Waals surface area contributed by atoms with Crippen molar-refractivity contribution >= 4 is 5.91 Å². The number of carbonyl (C=O) groups excluding carboxylic acids is 1. The van der Waals surface area contributed by atoms with E-state index in [1.807, 2.05) is 6.07 Å². The number of hydrogen-bond acceptors (Lipinski definition) is 3. The number of rotatable bonds is 4. The maximum absolute atomic E-state index is 12.5. The van der Waals surface area contributed by atoms with Gasteiger partial charge in [-0.2, -0.15) is 13.9 Å². The highest BCUT2D eigenvalue weighted by Gasteiger charge is 2.34. The summed E-state index contributed by atoms with van der Waals surface area (Å²) in [5, 5.41) is 4.57. The van der Waals surface area contributed by atoms with Crippen LogP contribution in [-0.4, -0.2) is 22.3 Å². The second-order valence-corrected chi connectivity index (χ2v) is 6.41. The van der Waals surface area contributed by atoms with E-state index < -0.39 is 6.61 Å². The molecule has 0 bridgehead atoms. The van der Waals surface area contributed by atoms with Crippen LogP contribution in [0.3, 0.4) is 0 Å². The molecule has 126 valence electrons. The van der Waals surface area contributed by atoms with Crippen LogP contribution in [0.4, 0.5) is 8.78 Å². The summed E-state index contributed by atoms with van der Waals surface area (Å²) in [4.78, 5) is 12.5. The zero-order valence-electron chi connectivity index (χ0n) is 13.2. The van der Waals surface area contributed by atoms with Gasteiger partial charge in [-0.05, 0) is 50.7 Å². The molecule has 0 unspecified atom stereocenters. The Labute approximate surface area is 138 Å². The molecule has 1 heterocycles. The molecule has 1 fully saturated rings. The molecule has 1 aromatic carbocycles. The summed E-state index contributed by atoms with van der Waals surface area (Å²) in [5.74, 6) is 0.270. The van der Waals surface area contributed by atoms with Crippen LogP contribution in [0.15, 0.2) is 24.3 Å². The van der Waals surface area contributed by atoms with Gasteiger partial charge in [-0.3, -0.25) is 4.79 Å². The Morgan fingerprint density at radius 3 is 2.79 bits per heavy atom. The Kier molecular flexibility index (Phi) is 3.82. The highest BCUT2D eigenvalue weighted by atomic mass is 19.3. The molecule has 2 aliphatic rings. The van der Waals surface area contributed by atoms with Gasteiger partial charge >= 0.3 is 6.61 Å². The third-order valence-corrected chi connectivity index (χ3v) is 4.65. The van der Waals surface area contributed by atoms with Gasteiger partial charge in [0, 0.05) is 17.0 Å². The summed E-state index contributed by atoms with van der Waals surface area (Å²) < 4.78 is 31.0. The molecule has 0 atom stereocenters. The van der Waals surface area contributed by atoms with E-state index in [0.29, 0.717) is 5.56 Å². The SMILES string of the molecule is O=C(C1CC1)n1nc(-c2cccc(OC(F)F)c2)c2c1CCCC2. The van der Waals surface area contributed by atoms with Crippen LogP contribution < -0.4 is 4.74 Å². The third kappa shape index (κ3) is 2.81. The van der Waals surface area contributed by atoms with Crippen molar-refractivity contribution in [3.05, 3.63) is 35.5 Å². The summed E-state index contributed by atoms with van der Waals surface area (Å²) in [6, 6.07) is 6.55. The second kappa shape index (κ2) is 6.00. The van der Waals surface area contributed by atoms with Gasteiger partial charge in [0.25, 0.3) is 0 Å². The minimum Gasteiger partial charge on any atom is -0.435 e. The van der Waals surface area contributed by atoms with Gasteiger partial charge in [-0.15, -0.1) is 0 Å². The van der Waals surface area contributed by atoms with E-state index >= 15 is 0 Å². The fourth-order valence-electron chi connectivity index (χ4n) is 3.34. The smallest absolute Gasteiger partial charge is 0.387 e. The minimum atomic E-state index is -2.86. The first-order valence-corrected chi connectivity index (χ1v) is 8.33. The van der Waals surface area contributed by atoms with E-state index in [2.05, 4.69) is 9.84 Å². The lowest BCUT2D eigenvalue weighted by atomic mass is 9.93. The van der Waals surface area contributed by atoms with Crippen molar-refractivity contribution in [3.63, 3.8) is 0 Å². The topological polar surface area (TPSA) is 44.1 Å². The fraction of sp³-hybridized carbons (Fsp3) is 0.444. The van der Waals surface area contributed by atoms with Crippen molar-refractivity contribution in [2.45, 2.75) is 45.1 Å².